The van der Waals surface area contributed by atoms with Crippen molar-refractivity contribution >= 4 is 23.0 Å². The van der Waals surface area contributed by atoms with Crippen LogP contribution in [0.4, 0.5) is 10.2 Å². The maximum absolute atomic E-state index is 13.4. The summed E-state index contributed by atoms with van der Waals surface area (Å²) in [6.45, 7) is 8.46. The highest BCUT2D eigenvalue weighted by molar-refractivity contribution is 7.15. The Balaban J connectivity index is 1.53. The molecule has 0 spiro atoms. The van der Waals surface area contributed by atoms with Crippen LogP contribution in [0.2, 0.25) is 0 Å². The van der Waals surface area contributed by atoms with Crippen molar-refractivity contribution in [1.29, 1.82) is 0 Å². The SMILES string of the molecule is C=CN=C(N)c1cc(-c2ccc(CNc3ncccc3C(CC)c3ccc(F)cc3)s2)ccc1C. The van der Waals surface area contributed by atoms with Gasteiger partial charge in [0.2, 0.25) is 0 Å². The minimum Gasteiger partial charge on any atom is -0.383 e. The van der Waals surface area contributed by atoms with E-state index in [0.29, 0.717) is 12.4 Å². The third-order valence-corrected chi connectivity index (χ3v) is 7.15. The monoisotopic (exact) mass is 484 g/mol. The van der Waals surface area contributed by atoms with Gasteiger partial charge in [0.1, 0.15) is 17.5 Å². The zero-order valence-corrected chi connectivity index (χ0v) is 20.8. The molecular formula is C29H29FN4S. The topological polar surface area (TPSA) is 63.3 Å². The number of pyridine rings is 1. The average Bonchev–Trinajstić information content (AvgIpc) is 3.34. The number of nitrogens with zero attached hydrogens (tertiary/aromatic N) is 2. The van der Waals surface area contributed by atoms with Gasteiger partial charge in [0.15, 0.2) is 0 Å². The van der Waals surface area contributed by atoms with E-state index >= 15 is 0 Å². The summed E-state index contributed by atoms with van der Waals surface area (Å²) in [5.74, 6) is 1.23. The number of hydrogen-bond acceptors (Lipinski definition) is 4. The minimum atomic E-state index is -0.224. The van der Waals surface area contributed by atoms with Crippen molar-refractivity contribution in [2.45, 2.75) is 32.7 Å². The second kappa shape index (κ2) is 11.1. The molecule has 0 bridgehead atoms. The number of hydrogen-bond donors (Lipinski definition) is 2. The van der Waals surface area contributed by atoms with Crippen LogP contribution in [0, 0.1) is 12.7 Å². The summed E-state index contributed by atoms with van der Waals surface area (Å²) in [6, 6.07) is 21.3. The van der Waals surface area contributed by atoms with E-state index in [1.807, 2.05) is 25.1 Å². The fraction of sp³-hybridized carbons (Fsp3) is 0.172. The fourth-order valence-electron chi connectivity index (χ4n) is 4.19. The van der Waals surface area contributed by atoms with E-state index in [1.54, 1.807) is 17.5 Å². The molecule has 4 aromatic rings. The maximum atomic E-state index is 13.4. The number of amidine groups is 1. The molecule has 35 heavy (non-hydrogen) atoms. The van der Waals surface area contributed by atoms with E-state index in [9.17, 15) is 4.39 Å². The first-order chi connectivity index (χ1) is 17.0. The van der Waals surface area contributed by atoms with Crippen LogP contribution in [0.5, 0.6) is 0 Å². The van der Waals surface area contributed by atoms with Crippen molar-refractivity contribution in [2.24, 2.45) is 10.7 Å². The van der Waals surface area contributed by atoms with Gasteiger partial charge >= 0.3 is 0 Å². The quantitative estimate of drug-likeness (QED) is 0.194. The Bertz CT molecular complexity index is 1340. The molecule has 6 heteroatoms. The molecule has 2 heterocycles. The number of anilines is 1. The number of benzene rings is 2. The van der Waals surface area contributed by atoms with Crippen LogP contribution in [0.3, 0.4) is 0 Å². The Morgan fingerprint density at radius 1 is 1.17 bits per heavy atom. The molecule has 0 fully saturated rings. The number of aryl methyl sites for hydroxylation is 1. The highest BCUT2D eigenvalue weighted by atomic mass is 32.1. The number of aromatic nitrogens is 1. The second-order valence-corrected chi connectivity index (χ2v) is 9.47. The lowest BCUT2D eigenvalue weighted by atomic mass is 9.89. The molecule has 0 saturated carbocycles. The third kappa shape index (κ3) is 5.66. The number of nitrogens with one attached hydrogen (secondary N) is 1. The molecule has 1 unspecified atom stereocenters. The van der Waals surface area contributed by atoms with E-state index in [1.165, 1.54) is 23.2 Å². The molecule has 2 aromatic carbocycles. The molecule has 0 aliphatic rings. The fourth-order valence-corrected chi connectivity index (χ4v) is 5.14. The van der Waals surface area contributed by atoms with Crippen LogP contribution >= 0.6 is 11.3 Å². The van der Waals surface area contributed by atoms with E-state index in [4.69, 9.17) is 5.73 Å². The molecule has 3 N–H and O–H groups in total. The maximum Gasteiger partial charge on any atom is 0.130 e. The summed E-state index contributed by atoms with van der Waals surface area (Å²) in [7, 11) is 0. The Hall–Kier alpha value is -3.77. The molecule has 0 saturated heterocycles. The van der Waals surface area contributed by atoms with E-state index in [-0.39, 0.29) is 11.7 Å². The van der Waals surface area contributed by atoms with Gasteiger partial charge in [-0.05, 0) is 66.4 Å². The number of rotatable bonds is 9. The molecule has 0 aliphatic carbocycles. The highest BCUT2D eigenvalue weighted by Gasteiger charge is 2.17. The largest absolute Gasteiger partial charge is 0.383 e. The number of nitrogens with two attached hydrogens (primary N) is 1. The van der Waals surface area contributed by atoms with Gasteiger partial charge in [-0.25, -0.2) is 14.4 Å². The first-order valence-electron chi connectivity index (χ1n) is 11.6. The molecule has 4 rings (SSSR count). The molecule has 0 aliphatic heterocycles. The number of halogens is 1. The zero-order chi connectivity index (χ0) is 24.8. The Kier molecular flexibility index (Phi) is 7.73. The van der Waals surface area contributed by atoms with Crippen LogP contribution in [-0.4, -0.2) is 10.8 Å². The van der Waals surface area contributed by atoms with Crippen molar-refractivity contribution in [1.82, 2.24) is 4.98 Å². The predicted molar refractivity (Wildman–Crippen MR) is 146 cm³/mol. The molecular weight excluding hydrogens is 455 g/mol. The minimum absolute atomic E-state index is 0.138. The normalized spacial score (nSPS) is 12.4. The van der Waals surface area contributed by atoms with Crippen LogP contribution in [0.25, 0.3) is 10.4 Å². The van der Waals surface area contributed by atoms with Crippen LogP contribution in [0.1, 0.15) is 46.4 Å². The van der Waals surface area contributed by atoms with Crippen LogP contribution < -0.4 is 11.1 Å². The molecule has 2 aromatic heterocycles. The molecule has 0 radical (unpaired) electrons. The third-order valence-electron chi connectivity index (χ3n) is 6.02. The smallest absolute Gasteiger partial charge is 0.130 e. The summed E-state index contributed by atoms with van der Waals surface area (Å²) in [4.78, 5) is 11.1. The van der Waals surface area contributed by atoms with Gasteiger partial charge in [-0.2, -0.15) is 0 Å². The summed E-state index contributed by atoms with van der Waals surface area (Å²) in [5, 5.41) is 3.52. The highest BCUT2D eigenvalue weighted by Crippen LogP contribution is 2.33. The first-order valence-corrected chi connectivity index (χ1v) is 12.4. The van der Waals surface area contributed by atoms with Crippen LogP contribution in [-0.2, 0) is 6.54 Å². The number of aliphatic imine (C=N–C) groups is 1. The summed E-state index contributed by atoms with van der Waals surface area (Å²) < 4.78 is 13.4. The standard InChI is InChI=1S/C29H29FN4S/c1-4-24(20-10-12-22(30)13-11-20)25-7-6-16-33-29(25)34-18-23-14-15-27(35-23)21-9-8-19(3)26(17-21)28(31)32-5-2/h5-17,24H,2,4,18H2,1,3H3,(H2,31,32)(H,33,34). The van der Waals surface area contributed by atoms with Gasteiger partial charge in [-0.15, -0.1) is 11.3 Å². The average molecular weight is 485 g/mol. The zero-order valence-electron chi connectivity index (χ0n) is 20.0. The lowest BCUT2D eigenvalue weighted by molar-refractivity contribution is 0.625. The Labute approximate surface area is 210 Å². The molecule has 0 amide bonds. The Morgan fingerprint density at radius 3 is 2.71 bits per heavy atom. The van der Waals surface area contributed by atoms with Gasteiger partial charge in [-0.1, -0.05) is 43.8 Å². The van der Waals surface area contributed by atoms with Crippen molar-refractivity contribution < 1.29 is 4.39 Å². The van der Waals surface area contributed by atoms with Crippen LogP contribution in [0.15, 0.2) is 90.7 Å². The first kappa shape index (κ1) is 24.4. The van der Waals surface area contributed by atoms with Gasteiger partial charge < -0.3 is 11.1 Å². The molecule has 178 valence electrons. The predicted octanol–water partition coefficient (Wildman–Crippen LogP) is 7.26. The number of thiophene rings is 1. The van der Waals surface area contributed by atoms with Gasteiger partial charge in [0, 0.05) is 39.2 Å². The summed E-state index contributed by atoms with van der Waals surface area (Å²) in [6.07, 6.45) is 4.15. The molecule has 1 atom stereocenters. The lowest BCUT2D eigenvalue weighted by Gasteiger charge is -2.19. The van der Waals surface area contributed by atoms with Crippen molar-refractivity contribution in [2.75, 3.05) is 5.32 Å². The molecule has 4 nitrogen and oxygen atoms in total. The Morgan fingerprint density at radius 2 is 1.97 bits per heavy atom. The van der Waals surface area contributed by atoms with Crippen molar-refractivity contribution in [3.05, 3.63) is 119 Å². The van der Waals surface area contributed by atoms with Gasteiger partial charge in [0.25, 0.3) is 0 Å². The summed E-state index contributed by atoms with van der Waals surface area (Å²) in [5.41, 5.74) is 11.4. The van der Waals surface area contributed by atoms with E-state index in [2.05, 4.69) is 65.2 Å². The van der Waals surface area contributed by atoms with Gasteiger partial charge in [-0.3, -0.25) is 0 Å². The van der Waals surface area contributed by atoms with Crippen molar-refractivity contribution in [3.8, 4) is 10.4 Å². The van der Waals surface area contributed by atoms with Crippen molar-refractivity contribution in [3.63, 3.8) is 0 Å². The van der Waals surface area contributed by atoms with Gasteiger partial charge in [0.05, 0.1) is 6.54 Å². The van der Waals surface area contributed by atoms with E-state index in [0.717, 1.165) is 44.9 Å². The summed E-state index contributed by atoms with van der Waals surface area (Å²) >= 11 is 1.73. The van der Waals surface area contributed by atoms with E-state index < -0.39 is 0 Å². The lowest BCUT2D eigenvalue weighted by Crippen LogP contribution is -2.14. The second-order valence-electron chi connectivity index (χ2n) is 8.30.